The lowest BCUT2D eigenvalue weighted by Crippen LogP contribution is -2.31. The Balaban J connectivity index is 2.06. The molecule has 118 valence electrons. The molecular formula is C13H13F3N4O2. The lowest BCUT2D eigenvalue weighted by atomic mass is 10.2. The number of fused-ring (bicyclic) bond motifs is 1. The maximum Gasteiger partial charge on any atom is 0.471 e. The van der Waals surface area contributed by atoms with Crippen LogP contribution >= 0.6 is 0 Å². The predicted octanol–water partition coefficient (Wildman–Crippen LogP) is 1.96. The molecule has 3 rings (SSSR count). The van der Waals surface area contributed by atoms with Crippen molar-refractivity contribution in [3.63, 3.8) is 0 Å². The van der Waals surface area contributed by atoms with Gasteiger partial charge < -0.3 is 20.2 Å². The van der Waals surface area contributed by atoms with E-state index in [0.717, 1.165) is 12.8 Å². The summed E-state index contributed by atoms with van der Waals surface area (Å²) in [4.78, 5) is 29.4. The fourth-order valence-electron chi connectivity index (χ4n) is 2.58. The van der Waals surface area contributed by atoms with Crippen LogP contribution in [0, 0.1) is 0 Å². The van der Waals surface area contributed by atoms with Crippen molar-refractivity contribution in [1.29, 1.82) is 0 Å². The first-order valence-electron chi connectivity index (χ1n) is 6.74. The van der Waals surface area contributed by atoms with E-state index in [1.54, 1.807) is 6.07 Å². The molecule has 1 amide bonds. The van der Waals surface area contributed by atoms with Crippen LogP contribution in [0.25, 0.3) is 11.0 Å². The zero-order chi connectivity index (χ0) is 15.9. The van der Waals surface area contributed by atoms with E-state index in [0.29, 0.717) is 29.8 Å². The zero-order valence-electron chi connectivity index (χ0n) is 11.4. The Hall–Kier alpha value is -2.45. The molecule has 9 heteroatoms. The number of amides is 1. The van der Waals surface area contributed by atoms with Gasteiger partial charge >= 0.3 is 17.8 Å². The van der Waals surface area contributed by atoms with Gasteiger partial charge in [0.05, 0.1) is 22.4 Å². The minimum absolute atomic E-state index is 0.0342. The number of carbonyl (C=O) groups is 1. The predicted molar refractivity (Wildman–Crippen MR) is 75.1 cm³/mol. The van der Waals surface area contributed by atoms with Crippen molar-refractivity contribution in [2.45, 2.75) is 19.0 Å². The zero-order valence-corrected chi connectivity index (χ0v) is 11.4. The van der Waals surface area contributed by atoms with Crippen molar-refractivity contribution in [3.05, 3.63) is 22.6 Å². The molecule has 6 nitrogen and oxygen atoms in total. The molecule has 0 spiro atoms. The summed E-state index contributed by atoms with van der Waals surface area (Å²) < 4.78 is 37.4. The van der Waals surface area contributed by atoms with Gasteiger partial charge in [0.2, 0.25) is 0 Å². The third-order valence-corrected chi connectivity index (χ3v) is 3.58. The van der Waals surface area contributed by atoms with Gasteiger partial charge in [-0.1, -0.05) is 0 Å². The van der Waals surface area contributed by atoms with Gasteiger partial charge in [0.15, 0.2) is 0 Å². The number of aromatic amines is 2. The lowest BCUT2D eigenvalue weighted by Gasteiger charge is -2.22. The quantitative estimate of drug-likeness (QED) is 0.792. The second-order valence-electron chi connectivity index (χ2n) is 5.14. The fraction of sp³-hybridized carbons (Fsp3) is 0.385. The molecule has 0 atom stereocenters. The average Bonchev–Trinajstić information content (AvgIpc) is 3.04. The van der Waals surface area contributed by atoms with Gasteiger partial charge in [0.1, 0.15) is 0 Å². The first-order valence-corrected chi connectivity index (χ1v) is 6.74. The molecule has 1 aromatic heterocycles. The largest absolute Gasteiger partial charge is 0.471 e. The number of H-pyrrole nitrogens is 2. The molecule has 0 bridgehead atoms. The van der Waals surface area contributed by atoms with Gasteiger partial charge in [-0.05, 0) is 25.0 Å². The number of hydrogen-bond donors (Lipinski definition) is 3. The van der Waals surface area contributed by atoms with Crippen LogP contribution in [0.2, 0.25) is 0 Å². The first-order chi connectivity index (χ1) is 10.3. The maximum atomic E-state index is 12.5. The molecule has 1 aromatic carbocycles. The summed E-state index contributed by atoms with van der Waals surface area (Å²) in [7, 11) is 0. The number of hydrogen-bond acceptors (Lipinski definition) is 3. The van der Waals surface area contributed by atoms with Gasteiger partial charge in [0.25, 0.3) is 0 Å². The summed E-state index contributed by atoms with van der Waals surface area (Å²) in [6.45, 7) is 1.38. The van der Waals surface area contributed by atoms with E-state index in [9.17, 15) is 22.8 Å². The van der Waals surface area contributed by atoms with Gasteiger partial charge in [-0.3, -0.25) is 4.79 Å². The molecular weight excluding hydrogens is 301 g/mol. The minimum Gasteiger partial charge on any atom is -0.370 e. The van der Waals surface area contributed by atoms with Crippen LogP contribution in [-0.2, 0) is 4.79 Å². The summed E-state index contributed by atoms with van der Waals surface area (Å²) in [6.07, 6.45) is -3.12. The first kappa shape index (κ1) is 14.5. The number of nitrogens with one attached hydrogen (secondary N) is 3. The van der Waals surface area contributed by atoms with Gasteiger partial charge in [-0.2, -0.15) is 13.2 Å². The molecule has 2 aromatic rings. The number of aromatic nitrogens is 2. The minimum atomic E-state index is -4.97. The Kier molecular flexibility index (Phi) is 3.34. The molecule has 1 fully saturated rings. The van der Waals surface area contributed by atoms with Crippen LogP contribution in [0.15, 0.2) is 16.9 Å². The van der Waals surface area contributed by atoms with E-state index in [1.165, 1.54) is 6.07 Å². The van der Waals surface area contributed by atoms with Crippen molar-refractivity contribution >= 4 is 28.3 Å². The van der Waals surface area contributed by atoms with Crippen molar-refractivity contribution < 1.29 is 18.0 Å². The van der Waals surface area contributed by atoms with Crippen molar-refractivity contribution in [3.8, 4) is 0 Å². The molecule has 3 N–H and O–H groups in total. The Bertz CT molecular complexity index is 772. The molecule has 1 aliphatic rings. The fourth-order valence-corrected chi connectivity index (χ4v) is 2.58. The highest BCUT2D eigenvalue weighted by Gasteiger charge is 2.39. The molecule has 0 saturated carbocycles. The van der Waals surface area contributed by atoms with E-state index in [2.05, 4.69) is 9.97 Å². The number of carbonyl (C=O) groups excluding carboxylic acids is 1. The van der Waals surface area contributed by atoms with Crippen LogP contribution < -0.4 is 15.9 Å². The van der Waals surface area contributed by atoms with Gasteiger partial charge in [0, 0.05) is 13.1 Å². The SMILES string of the molecule is O=C(Nc1cc2[nH]c(=O)[nH]c2cc1N1CCCC1)C(F)(F)F. The standard InChI is InChI=1S/C13H13F3N4O2/c14-13(15,16)11(21)17-9-5-7-8(19-12(22)18-7)6-10(9)20-3-1-2-4-20/h5-6H,1-4H2,(H,17,21)(H2,18,19,22). The molecule has 1 saturated heterocycles. The smallest absolute Gasteiger partial charge is 0.370 e. The summed E-state index contributed by atoms with van der Waals surface area (Å²) in [5.74, 6) is -2.04. The summed E-state index contributed by atoms with van der Waals surface area (Å²) in [5.41, 5.74) is 0.869. The van der Waals surface area contributed by atoms with Gasteiger partial charge in [-0.25, -0.2) is 4.79 Å². The monoisotopic (exact) mass is 314 g/mol. The second-order valence-corrected chi connectivity index (χ2v) is 5.14. The number of nitrogens with zero attached hydrogens (tertiary/aromatic N) is 1. The third kappa shape index (κ3) is 2.66. The maximum absolute atomic E-state index is 12.5. The number of halogens is 3. The van der Waals surface area contributed by atoms with Crippen LogP contribution in [0.1, 0.15) is 12.8 Å². The van der Waals surface area contributed by atoms with Gasteiger partial charge in [-0.15, -0.1) is 0 Å². The lowest BCUT2D eigenvalue weighted by molar-refractivity contribution is -0.167. The van der Waals surface area contributed by atoms with E-state index in [4.69, 9.17) is 0 Å². The summed E-state index contributed by atoms with van der Waals surface area (Å²) >= 11 is 0. The Morgan fingerprint density at radius 1 is 1.14 bits per heavy atom. The number of benzene rings is 1. The second kappa shape index (κ2) is 5.08. The highest BCUT2D eigenvalue weighted by atomic mass is 19.4. The van der Waals surface area contributed by atoms with Crippen LogP contribution in [0.5, 0.6) is 0 Å². The number of imidazole rings is 1. The summed E-state index contributed by atoms with van der Waals surface area (Å²) in [6, 6.07) is 2.91. The number of alkyl halides is 3. The number of anilines is 2. The number of rotatable bonds is 2. The Morgan fingerprint density at radius 2 is 1.73 bits per heavy atom. The molecule has 0 unspecified atom stereocenters. The van der Waals surface area contributed by atoms with Crippen LogP contribution in [0.4, 0.5) is 24.5 Å². The Labute approximate surface area is 122 Å². The van der Waals surface area contributed by atoms with E-state index >= 15 is 0 Å². The molecule has 0 radical (unpaired) electrons. The van der Waals surface area contributed by atoms with Crippen LogP contribution in [0.3, 0.4) is 0 Å². The molecule has 22 heavy (non-hydrogen) atoms. The molecule has 1 aliphatic heterocycles. The highest BCUT2D eigenvalue weighted by Crippen LogP contribution is 2.33. The average molecular weight is 314 g/mol. The van der Waals surface area contributed by atoms with Crippen molar-refractivity contribution in [2.24, 2.45) is 0 Å². The highest BCUT2D eigenvalue weighted by molar-refractivity contribution is 6.00. The third-order valence-electron chi connectivity index (χ3n) is 3.58. The van der Waals surface area contributed by atoms with Crippen molar-refractivity contribution in [2.75, 3.05) is 23.3 Å². The van der Waals surface area contributed by atoms with E-state index < -0.39 is 17.8 Å². The Morgan fingerprint density at radius 3 is 2.32 bits per heavy atom. The van der Waals surface area contributed by atoms with E-state index in [-0.39, 0.29) is 5.69 Å². The normalized spacial score (nSPS) is 15.5. The van der Waals surface area contributed by atoms with E-state index in [1.807, 2.05) is 10.2 Å². The van der Waals surface area contributed by atoms with Crippen LogP contribution in [-0.4, -0.2) is 35.1 Å². The molecule has 2 heterocycles. The summed E-state index contributed by atoms with van der Waals surface area (Å²) in [5, 5.41) is 1.89. The topological polar surface area (TPSA) is 81.0 Å². The molecule has 0 aliphatic carbocycles. The van der Waals surface area contributed by atoms with Crippen molar-refractivity contribution in [1.82, 2.24) is 9.97 Å².